The zero-order valence-corrected chi connectivity index (χ0v) is 12.4. The van der Waals surface area contributed by atoms with Gasteiger partial charge in [-0.25, -0.2) is 0 Å². The fraction of sp³-hybridized carbons (Fsp3) is 0.286. The van der Waals surface area contributed by atoms with Crippen LogP contribution in [0.4, 0.5) is 0 Å². The van der Waals surface area contributed by atoms with Crippen LogP contribution in [-0.4, -0.2) is 14.2 Å². The van der Waals surface area contributed by atoms with Gasteiger partial charge in [0.1, 0.15) is 24.2 Å². The van der Waals surface area contributed by atoms with Crippen molar-refractivity contribution < 1.29 is 9.15 Å². The van der Waals surface area contributed by atoms with Crippen LogP contribution in [0, 0.1) is 0 Å². The second-order valence-electron chi connectivity index (χ2n) is 4.26. The Kier molecular flexibility index (Phi) is 3.70. The summed E-state index contributed by atoms with van der Waals surface area (Å²) in [5, 5.41) is 5.45. The predicted molar refractivity (Wildman–Crippen MR) is 80.0 cm³/mol. The molecule has 0 saturated carbocycles. The Morgan fingerprint density at radius 2 is 2.21 bits per heavy atom. The second kappa shape index (κ2) is 5.46. The summed E-state index contributed by atoms with van der Waals surface area (Å²) in [6.45, 7) is 0.510. The average molecular weight is 293 g/mol. The highest BCUT2D eigenvalue weighted by Gasteiger charge is 2.19. The van der Waals surface area contributed by atoms with E-state index in [9.17, 15) is 0 Å². The number of ether oxygens (including phenoxy) is 1. The van der Waals surface area contributed by atoms with E-state index in [1.165, 1.54) is 14.3 Å². The van der Waals surface area contributed by atoms with E-state index in [0.717, 1.165) is 11.5 Å². The Bertz CT molecular complexity index is 639. The smallest absolute Gasteiger partial charge is 0.129 e. The highest BCUT2D eigenvalue weighted by Crippen LogP contribution is 2.36. The van der Waals surface area contributed by atoms with E-state index in [2.05, 4.69) is 22.8 Å². The van der Waals surface area contributed by atoms with Crippen LogP contribution in [0.1, 0.15) is 22.4 Å². The largest absolute Gasteiger partial charge is 0.462 e. The van der Waals surface area contributed by atoms with Crippen LogP contribution < -0.4 is 5.32 Å². The zero-order valence-electron chi connectivity index (χ0n) is 10.8. The van der Waals surface area contributed by atoms with Gasteiger partial charge in [0.25, 0.3) is 0 Å². The van der Waals surface area contributed by atoms with E-state index in [4.69, 9.17) is 9.15 Å². The highest BCUT2D eigenvalue weighted by atomic mass is 32.1. The molecule has 3 aromatic heterocycles. The molecule has 0 aliphatic heterocycles. The van der Waals surface area contributed by atoms with E-state index in [1.807, 2.05) is 30.5 Å². The molecule has 1 N–H and O–H groups in total. The molecule has 0 saturated heterocycles. The van der Waals surface area contributed by atoms with Crippen molar-refractivity contribution >= 4 is 32.1 Å². The minimum absolute atomic E-state index is 0.107. The van der Waals surface area contributed by atoms with Crippen molar-refractivity contribution in [1.82, 2.24) is 5.32 Å². The molecule has 3 nitrogen and oxygen atoms in total. The van der Waals surface area contributed by atoms with Gasteiger partial charge >= 0.3 is 0 Å². The maximum absolute atomic E-state index is 5.83. The summed E-state index contributed by atoms with van der Waals surface area (Å²) in [6, 6.07) is 8.50. The number of hydrogen-bond acceptors (Lipinski definition) is 5. The molecule has 5 heteroatoms. The molecule has 100 valence electrons. The molecule has 3 rings (SSSR count). The minimum Gasteiger partial charge on any atom is -0.462 e. The first kappa shape index (κ1) is 12.9. The molecular formula is C14H15NO2S2. The van der Waals surface area contributed by atoms with Crippen molar-refractivity contribution in [1.29, 1.82) is 0 Å². The van der Waals surface area contributed by atoms with Crippen molar-refractivity contribution in [3.63, 3.8) is 0 Å². The third-order valence-electron chi connectivity index (χ3n) is 2.99. The Morgan fingerprint density at radius 3 is 2.95 bits per heavy atom. The van der Waals surface area contributed by atoms with Gasteiger partial charge in [-0.1, -0.05) is 0 Å². The van der Waals surface area contributed by atoms with Crippen LogP contribution in [0.3, 0.4) is 0 Å². The minimum atomic E-state index is 0.107. The summed E-state index contributed by atoms with van der Waals surface area (Å²) in [4.78, 5) is 1.28. The van der Waals surface area contributed by atoms with Gasteiger partial charge in [0.15, 0.2) is 0 Å². The van der Waals surface area contributed by atoms with Gasteiger partial charge in [0, 0.05) is 21.4 Å². The Hall–Kier alpha value is -1.14. The monoisotopic (exact) mass is 293 g/mol. The molecule has 0 aliphatic carbocycles. The molecule has 0 amide bonds. The first-order valence-electron chi connectivity index (χ1n) is 6.03. The Morgan fingerprint density at radius 1 is 1.32 bits per heavy atom. The second-order valence-corrected chi connectivity index (χ2v) is 6.32. The van der Waals surface area contributed by atoms with Crippen LogP contribution in [0.5, 0.6) is 0 Å². The van der Waals surface area contributed by atoms with Crippen LogP contribution in [-0.2, 0) is 11.3 Å². The lowest BCUT2D eigenvalue weighted by Crippen LogP contribution is -2.15. The molecule has 0 aromatic carbocycles. The third-order valence-corrected chi connectivity index (χ3v) is 5.14. The Balaban J connectivity index is 1.92. The number of thiophene rings is 2. The topological polar surface area (TPSA) is 34.4 Å². The van der Waals surface area contributed by atoms with E-state index < -0.39 is 0 Å². The van der Waals surface area contributed by atoms with Gasteiger partial charge in [-0.2, -0.15) is 0 Å². The normalized spacial score (nSPS) is 13.2. The fourth-order valence-corrected chi connectivity index (χ4v) is 4.36. The maximum atomic E-state index is 5.83. The Labute approximate surface area is 119 Å². The van der Waals surface area contributed by atoms with Gasteiger partial charge in [-0.3, -0.25) is 0 Å². The average Bonchev–Trinajstić information content (AvgIpc) is 3.06. The molecule has 0 radical (unpaired) electrons. The van der Waals surface area contributed by atoms with Gasteiger partial charge in [-0.15, -0.1) is 22.7 Å². The van der Waals surface area contributed by atoms with Crippen LogP contribution >= 0.6 is 22.7 Å². The molecule has 1 unspecified atom stereocenters. The van der Waals surface area contributed by atoms with Gasteiger partial charge < -0.3 is 14.5 Å². The summed E-state index contributed by atoms with van der Waals surface area (Å²) >= 11 is 3.59. The van der Waals surface area contributed by atoms with Gasteiger partial charge in [-0.05, 0) is 36.7 Å². The first-order chi connectivity index (χ1) is 9.31. The van der Waals surface area contributed by atoms with E-state index in [1.54, 1.807) is 18.4 Å². The third kappa shape index (κ3) is 2.47. The van der Waals surface area contributed by atoms with E-state index in [0.29, 0.717) is 6.61 Å². The molecular weight excluding hydrogens is 278 g/mol. The summed E-state index contributed by atoms with van der Waals surface area (Å²) in [6.07, 6.45) is 0. The predicted octanol–water partition coefficient (Wildman–Crippen LogP) is 4.01. The SMILES string of the molecule is CNC(c1ccc(COC)o1)c1cc2sccc2s1. The first-order valence-corrected chi connectivity index (χ1v) is 7.73. The highest BCUT2D eigenvalue weighted by molar-refractivity contribution is 7.27. The van der Waals surface area contributed by atoms with Crippen molar-refractivity contribution in [3.8, 4) is 0 Å². The summed E-state index contributed by atoms with van der Waals surface area (Å²) in [5.74, 6) is 1.79. The van der Waals surface area contributed by atoms with Crippen LogP contribution in [0.2, 0.25) is 0 Å². The number of rotatable bonds is 5. The molecule has 19 heavy (non-hydrogen) atoms. The van der Waals surface area contributed by atoms with Crippen LogP contribution in [0.15, 0.2) is 34.1 Å². The molecule has 0 bridgehead atoms. The van der Waals surface area contributed by atoms with Crippen LogP contribution in [0.25, 0.3) is 9.40 Å². The van der Waals surface area contributed by atoms with Gasteiger partial charge in [0.2, 0.25) is 0 Å². The lowest BCUT2D eigenvalue weighted by Gasteiger charge is -2.11. The summed E-state index contributed by atoms with van der Waals surface area (Å²) in [5.41, 5.74) is 0. The molecule has 0 spiro atoms. The van der Waals surface area contributed by atoms with E-state index >= 15 is 0 Å². The molecule has 0 fully saturated rings. The number of nitrogens with one attached hydrogen (secondary N) is 1. The van der Waals surface area contributed by atoms with Crippen molar-refractivity contribution in [3.05, 3.63) is 46.0 Å². The van der Waals surface area contributed by atoms with Gasteiger partial charge in [0.05, 0.1) is 0 Å². The standard InChI is InChI=1S/C14H15NO2S2/c1-15-14(10-4-3-9(17-10)8-16-2)13-7-12-11(19-13)5-6-18-12/h3-7,14-15H,8H2,1-2H3. The quantitative estimate of drug-likeness (QED) is 0.772. The number of hydrogen-bond donors (Lipinski definition) is 1. The molecule has 3 aromatic rings. The molecule has 0 aliphatic rings. The van der Waals surface area contributed by atoms with Crippen molar-refractivity contribution in [2.45, 2.75) is 12.6 Å². The lowest BCUT2D eigenvalue weighted by molar-refractivity contribution is 0.162. The maximum Gasteiger partial charge on any atom is 0.129 e. The molecule has 3 heterocycles. The van der Waals surface area contributed by atoms with Crippen molar-refractivity contribution in [2.24, 2.45) is 0 Å². The van der Waals surface area contributed by atoms with Crippen molar-refractivity contribution in [2.75, 3.05) is 14.2 Å². The number of fused-ring (bicyclic) bond motifs is 1. The number of furan rings is 1. The summed E-state index contributed by atoms with van der Waals surface area (Å²) in [7, 11) is 3.63. The fourth-order valence-electron chi connectivity index (χ4n) is 2.12. The molecule has 1 atom stereocenters. The van der Waals surface area contributed by atoms with E-state index in [-0.39, 0.29) is 6.04 Å². The summed E-state index contributed by atoms with van der Waals surface area (Å²) < 4.78 is 13.6. The zero-order chi connectivity index (χ0) is 13.2. The lowest BCUT2D eigenvalue weighted by atomic mass is 10.2. The number of methoxy groups -OCH3 is 1.